The minimum atomic E-state index is -3.83. The quantitative estimate of drug-likeness (QED) is 0.835. The molecule has 0 heterocycles. The molecule has 0 saturated carbocycles. The van der Waals surface area contributed by atoms with Gasteiger partial charge in [-0.15, -0.1) is 0 Å². The molecule has 0 bridgehead atoms. The zero-order valence-electron chi connectivity index (χ0n) is 10.4. The summed E-state index contributed by atoms with van der Waals surface area (Å²) >= 11 is 8.80. The molecule has 0 saturated heterocycles. The Kier molecular flexibility index (Phi) is 4.55. The Labute approximate surface area is 134 Å². The molecule has 110 valence electrons. The van der Waals surface area contributed by atoms with Crippen molar-refractivity contribution in [2.75, 3.05) is 4.72 Å². The lowest BCUT2D eigenvalue weighted by Crippen LogP contribution is -2.14. The molecule has 0 amide bonds. The van der Waals surface area contributed by atoms with Gasteiger partial charge in [0.05, 0.1) is 5.56 Å². The maximum atomic E-state index is 12.3. The molecule has 2 rings (SSSR count). The zero-order valence-corrected chi connectivity index (χ0v) is 13.5. The standard InChI is InChI=1S/C13H9BrClNO4S/c14-11-7-8(13(17)18)1-6-12(11)21(19,20)16-10-4-2-9(15)3-5-10/h1-7,16H,(H,17,18). The van der Waals surface area contributed by atoms with Crippen LogP contribution in [-0.2, 0) is 10.0 Å². The van der Waals surface area contributed by atoms with E-state index in [0.29, 0.717) is 10.7 Å². The van der Waals surface area contributed by atoms with Crippen LogP contribution in [0.15, 0.2) is 51.8 Å². The monoisotopic (exact) mass is 389 g/mol. The highest BCUT2D eigenvalue weighted by molar-refractivity contribution is 9.10. The summed E-state index contributed by atoms with van der Waals surface area (Å²) in [6.07, 6.45) is 0. The molecule has 0 unspecified atom stereocenters. The van der Waals surface area contributed by atoms with E-state index in [1.54, 1.807) is 12.1 Å². The second kappa shape index (κ2) is 6.05. The summed E-state index contributed by atoms with van der Waals surface area (Å²) < 4.78 is 27.1. The first-order valence-corrected chi connectivity index (χ1v) is 8.26. The van der Waals surface area contributed by atoms with Gasteiger partial charge >= 0.3 is 5.97 Å². The average molecular weight is 391 g/mol. The number of carboxylic acids is 1. The Balaban J connectivity index is 2.35. The van der Waals surface area contributed by atoms with Crippen molar-refractivity contribution in [1.29, 1.82) is 0 Å². The van der Waals surface area contributed by atoms with Gasteiger partial charge in [-0.3, -0.25) is 4.72 Å². The summed E-state index contributed by atoms with van der Waals surface area (Å²) in [7, 11) is -3.83. The lowest BCUT2D eigenvalue weighted by atomic mass is 10.2. The van der Waals surface area contributed by atoms with Crippen LogP contribution in [0, 0.1) is 0 Å². The predicted octanol–water partition coefficient (Wildman–Crippen LogP) is 3.60. The van der Waals surface area contributed by atoms with Gasteiger partial charge in [-0.25, -0.2) is 13.2 Å². The second-order valence-corrected chi connectivity index (χ2v) is 7.00. The van der Waals surface area contributed by atoms with Gasteiger partial charge in [0.25, 0.3) is 10.0 Å². The molecule has 0 fully saturated rings. The van der Waals surface area contributed by atoms with Crippen LogP contribution in [0.25, 0.3) is 0 Å². The number of carbonyl (C=O) groups is 1. The Hall–Kier alpha value is -1.57. The van der Waals surface area contributed by atoms with Gasteiger partial charge < -0.3 is 5.11 Å². The number of benzene rings is 2. The van der Waals surface area contributed by atoms with E-state index in [1.807, 2.05) is 0 Å². The lowest BCUT2D eigenvalue weighted by molar-refractivity contribution is 0.0696. The number of carboxylic acid groups (broad SMARTS) is 1. The summed E-state index contributed by atoms with van der Waals surface area (Å²) in [6.45, 7) is 0. The van der Waals surface area contributed by atoms with Gasteiger partial charge in [0.1, 0.15) is 4.90 Å². The molecule has 0 aromatic heterocycles. The fourth-order valence-electron chi connectivity index (χ4n) is 1.58. The van der Waals surface area contributed by atoms with Gasteiger partial charge in [0.2, 0.25) is 0 Å². The summed E-state index contributed by atoms with van der Waals surface area (Å²) in [5.74, 6) is -1.13. The number of sulfonamides is 1. The predicted molar refractivity (Wildman–Crippen MR) is 83.4 cm³/mol. The number of anilines is 1. The van der Waals surface area contributed by atoms with Crippen LogP contribution in [0.5, 0.6) is 0 Å². The van der Waals surface area contributed by atoms with Crippen LogP contribution in [-0.4, -0.2) is 19.5 Å². The fraction of sp³-hybridized carbons (Fsp3) is 0. The van der Waals surface area contributed by atoms with Gasteiger partial charge in [0, 0.05) is 15.2 Å². The lowest BCUT2D eigenvalue weighted by Gasteiger charge is -2.10. The van der Waals surface area contributed by atoms with E-state index >= 15 is 0 Å². The third-order valence-corrected chi connectivity index (χ3v) is 5.17. The maximum Gasteiger partial charge on any atom is 0.335 e. The SMILES string of the molecule is O=C(O)c1ccc(S(=O)(=O)Nc2ccc(Cl)cc2)c(Br)c1. The Morgan fingerprint density at radius 1 is 1.14 bits per heavy atom. The minimum Gasteiger partial charge on any atom is -0.478 e. The van der Waals surface area contributed by atoms with Crippen molar-refractivity contribution in [2.24, 2.45) is 0 Å². The third kappa shape index (κ3) is 3.75. The average Bonchev–Trinajstić information content (AvgIpc) is 2.40. The van der Waals surface area contributed by atoms with Crippen molar-refractivity contribution in [1.82, 2.24) is 0 Å². The molecule has 0 atom stereocenters. The Morgan fingerprint density at radius 3 is 2.29 bits per heavy atom. The molecule has 2 aromatic rings. The molecular weight excluding hydrogens is 382 g/mol. The number of aromatic carboxylic acids is 1. The smallest absolute Gasteiger partial charge is 0.335 e. The van der Waals surface area contributed by atoms with Crippen molar-refractivity contribution in [3.05, 3.63) is 57.5 Å². The van der Waals surface area contributed by atoms with Crippen molar-refractivity contribution in [3.8, 4) is 0 Å². The van der Waals surface area contributed by atoms with E-state index in [0.717, 1.165) is 0 Å². The van der Waals surface area contributed by atoms with Gasteiger partial charge in [-0.2, -0.15) is 0 Å². The highest BCUT2D eigenvalue weighted by Crippen LogP contribution is 2.26. The van der Waals surface area contributed by atoms with E-state index in [-0.39, 0.29) is 14.9 Å². The van der Waals surface area contributed by atoms with E-state index in [9.17, 15) is 13.2 Å². The van der Waals surface area contributed by atoms with Crippen molar-refractivity contribution < 1.29 is 18.3 Å². The molecule has 0 spiro atoms. The summed E-state index contributed by atoms with van der Waals surface area (Å²) in [6, 6.07) is 9.86. The number of nitrogens with one attached hydrogen (secondary N) is 1. The van der Waals surface area contributed by atoms with E-state index in [4.69, 9.17) is 16.7 Å². The second-order valence-electron chi connectivity index (χ2n) is 4.06. The summed E-state index contributed by atoms with van der Waals surface area (Å²) in [5, 5.41) is 9.36. The first kappa shape index (κ1) is 15.8. The normalized spacial score (nSPS) is 11.1. The van der Waals surface area contributed by atoms with Crippen LogP contribution in [0.2, 0.25) is 5.02 Å². The first-order chi connectivity index (χ1) is 9.79. The van der Waals surface area contributed by atoms with Crippen molar-refractivity contribution in [3.63, 3.8) is 0 Å². The molecule has 0 radical (unpaired) electrons. The third-order valence-electron chi connectivity index (χ3n) is 2.56. The zero-order chi connectivity index (χ0) is 15.6. The van der Waals surface area contributed by atoms with Gasteiger partial charge in [-0.1, -0.05) is 11.6 Å². The molecule has 0 aliphatic rings. The molecule has 2 aromatic carbocycles. The molecule has 0 aliphatic carbocycles. The maximum absolute atomic E-state index is 12.3. The Morgan fingerprint density at radius 2 is 1.76 bits per heavy atom. The highest BCUT2D eigenvalue weighted by Gasteiger charge is 2.19. The number of halogens is 2. The van der Waals surface area contributed by atoms with E-state index in [1.165, 1.54) is 30.3 Å². The van der Waals surface area contributed by atoms with Gasteiger partial charge in [0.15, 0.2) is 0 Å². The summed E-state index contributed by atoms with van der Waals surface area (Å²) in [5.41, 5.74) is 0.348. The van der Waals surface area contributed by atoms with Crippen LogP contribution in [0.1, 0.15) is 10.4 Å². The summed E-state index contributed by atoms with van der Waals surface area (Å²) in [4.78, 5) is 10.8. The molecule has 2 N–H and O–H groups in total. The molecular formula is C13H9BrClNO4S. The first-order valence-electron chi connectivity index (χ1n) is 5.61. The number of rotatable bonds is 4. The molecule has 0 aliphatic heterocycles. The van der Waals surface area contributed by atoms with E-state index < -0.39 is 16.0 Å². The van der Waals surface area contributed by atoms with E-state index in [2.05, 4.69) is 20.7 Å². The largest absolute Gasteiger partial charge is 0.478 e. The molecule has 5 nitrogen and oxygen atoms in total. The minimum absolute atomic E-state index is 0.00711. The number of hydrogen-bond acceptors (Lipinski definition) is 3. The van der Waals surface area contributed by atoms with Crippen molar-refractivity contribution >= 4 is 49.2 Å². The Bertz CT molecular complexity index is 790. The van der Waals surface area contributed by atoms with Crippen molar-refractivity contribution in [2.45, 2.75) is 4.90 Å². The topological polar surface area (TPSA) is 83.5 Å². The molecule has 8 heteroatoms. The van der Waals surface area contributed by atoms with Crippen LogP contribution >= 0.6 is 27.5 Å². The molecule has 21 heavy (non-hydrogen) atoms. The van der Waals surface area contributed by atoms with Gasteiger partial charge in [-0.05, 0) is 58.4 Å². The van der Waals surface area contributed by atoms with Crippen LogP contribution in [0.4, 0.5) is 5.69 Å². The van der Waals surface area contributed by atoms with Crippen LogP contribution < -0.4 is 4.72 Å². The highest BCUT2D eigenvalue weighted by atomic mass is 79.9. The van der Waals surface area contributed by atoms with Crippen LogP contribution in [0.3, 0.4) is 0 Å². The number of hydrogen-bond donors (Lipinski definition) is 2. The fourth-order valence-corrected chi connectivity index (χ4v) is 3.84.